The number of rotatable bonds is 3. The van der Waals surface area contributed by atoms with E-state index in [2.05, 4.69) is 37.5 Å². The zero-order chi connectivity index (χ0) is 11.1. The molecular formula is C15H21N. The normalized spacial score (nSPS) is 28.9. The van der Waals surface area contributed by atoms with Crippen molar-refractivity contribution < 1.29 is 0 Å². The van der Waals surface area contributed by atoms with Gasteiger partial charge in [-0.2, -0.15) is 0 Å². The lowest BCUT2D eigenvalue weighted by molar-refractivity contribution is 0.307. The van der Waals surface area contributed by atoms with Crippen molar-refractivity contribution in [2.24, 2.45) is 0 Å². The van der Waals surface area contributed by atoms with Crippen molar-refractivity contribution in [2.45, 2.75) is 50.5 Å². The molecule has 86 valence electrons. The topological polar surface area (TPSA) is 12.0 Å². The Morgan fingerprint density at radius 2 is 1.88 bits per heavy atom. The van der Waals surface area contributed by atoms with E-state index >= 15 is 0 Å². The second-order valence-corrected chi connectivity index (χ2v) is 5.54. The maximum atomic E-state index is 3.36. The highest BCUT2D eigenvalue weighted by Crippen LogP contribution is 2.43. The van der Waals surface area contributed by atoms with Crippen LogP contribution in [0.25, 0.3) is 0 Å². The van der Waals surface area contributed by atoms with E-state index in [0.29, 0.717) is 0 Å². The fourth-order valence-electron chi connectivity index (χ4n) is 2.93. The second kappa shape index (κ2) is 3.89. The molecule has 0 amide bonds. The quantitative estimate of drug-likeness (QED) is 0.815. The summed E-state index contributed by atoms with van der Waals surface area (Å²) < 4.78 is 0. The van der Waals surface area contributed by atoms with Crippen molar-refractivity contribution in [2.75, 3.05) is 7.05 Å². The highest BCUT2D eigenvalue weighted by Gasteiger charge is 2.30. The first-order chi connectivity index (χ1) is 7.78. The third kappa shape index (κ3) is 1.78. The van der Waals surface area contributed by atoms with Crippen LogP contribution in [-0.4, -0.2) is 13.1 Å². The lowest BCUT2D eigenvalue weighted by Gasteiger charge is -2.35. The van der Waals surface area contributed by atoms with Gasteiger partial charge in [-0.15, -0.1) is 0 Å². The maximum Gasteiger partial charge on any atom is 0.00757 e. The van der Waals surface area contributed by atoms with Crippen molar-refractivity contribution in [1.82, 2.24) is 5.32 Å². The molecule has 2 saturated carbocycles. The van der Waals surface area contributed by atoms with Crippen LogP contribution in [0.5, 0.6) is 0 Å². The molecule has 2 aliphatic rings. The monoisotopic (exact) mass is 215 g/mol. The molecule has 0 saturated heterocycles. The molecule has 0 bridgehead atoms. The van der Waals surface area contributed by atoms with Crippen LogP contribution >= 0.6 is 0 Å². The Hall–Kier alpha value is -0.820. The maximum absolute atomic E-state index is 3.36. The Morgan fingerprint density at radius 3 is 2.44 bits per heavy atom. The summed E-state index contributed by atoms with van der Waals surface area (Å²) in [5, 5.41) is 3.36. The lowest BCUT2D eigenvalue weighted by Crippen LogP contribution is -2.37. The first-order valence-corrected chi connectivity index (χ1v) is 6.55. The van der Waals surface area contributed by atoms with Gasteiger partial charge in [0.15, 0.2) is 0 Å². The van der Waals surface area contributed by atoms with Gasteiger partial charge in [0.2, 0.25) is 0 Å². The summed E-state index contributed by atoms with van der Waals surface area (Å²) in [5.41, 5.74) is 4.69. The molecule has 16 heavy (non-hydrogen) atoms. The lowest BCUT2D eigenvalue weighted by atomic mass is 9.75. The summed E-state index contributed by atoms with van der Waals surface area (Å²) in [5.74, 6) is 1.70. The number of hydrogen-bond acceptors (Lipinski definition) is 1. The molecule has 1 N–H and O–H groups in total. The predicted octanol–water partition coefficient (Wildman–Crippen LogP) is 3.34. The van der Waals surface area contributed by atoms with E-state index in [1.54, 1.807) is 11.1 Å². The summed E-state index contributed by atoms with van der Waals surface area (Å²) >= 11 is 0. The smallest absolute Gasteiger partial charge is 0.00757 e. The van der Waals surface area contributed by atoms with Crippen LogP contribution in [0, 0.1) is 6.92 Å². The molecule has 0 heterocycles. The fourth-order valence-corrected chi connectivity index (χ4v) is 2.93. The first kappa shape index (κ1) is 10.3. The average Bonchev–Trinajstić information content (AvgIpc) is 3.00. The number of hydrogen-bond donors (Lipinski definition) is 1. The molecule has 1 heteroatoms. The van der Waals surface area contributed by atoms with Gasteiger partial charge in [0.05, 0.1) is 0 Å². The van der Waals surface area contributed by atoms with Gasteiger partial charge in [-0.25, -0.2) is 0 Å². The molecule has 2 fully saturated rings. The minimum absolute atomic E-state index is 0.758. The van der Waals surface area contributed by atoms with Gasteiger partial charge in [-0.05, 0) is 68.2 Å². The SMILES string of the molecule is CNC1CC(c2ccc(C3CC3)c(C)c2)C1. The zero-order valence-electron chi connectivity index (χ0n) is 10.3. The van der Waals surface area contributed by atoms with Gasteiger partial charge in [0, 0.05) is 6.04 Å². The molecule has 3 rings (SSSR count). The summed E-state index contributed by atoms with van der Waals surface area (Å²) in [4.78, 5) is 0. The van der Waals surface area contributed by atoms with Crippen LogP contribution in [0.1, 0.15) is 54.2 Å². The number of nitrogens with one attached hydrogen (secondary N) is 1. The van der Waals surface area contributed by atoms with Gasteiger partial charge in [-0.1, -0.05) is 18.2 Å². The van der Waals surface area contributed by atoms with Gasteiger partial charge in [0.25, 0.3) is 0 Å². The van der Waals surface area contributed by atoms with Crippen molar-refractivity contribution >= 4 is 0 Å². The van der Waals surface area contributed by atoms with Gasteiger partial charge in [-0.3, -0.25) is 0 Å². The van der Waals surface area contributed by atoms with Crippen molar-refractivity contribution in [3.8, 4) is 0 Å². The Bertz CT molecular complexity index is 386. The van der Waals surface area contributed by atoms with Crippen LogP contribution in [0.4, 0.5) is 0 Å². The van der Waals surface area contributed by atoms with Crippen molar-refractivity contribution in [3.63, 3.8) is 0 Å². The molecule has 0 spiro atoms. The molecule has 1 aromatic carbocycles. The Morgan fingerprint density at radius 1 is 1.12 bits per heavy atom. The van der Waals surface area contributed by atoms with E-state index < -0.39 is 0 Å². The highest BCUT2D eigenvalue weighted by molar-refractivity contribution is 5.38. The third-order valence-electron chi connectivity index (χ3n) is 4.33. The van der Waals surface area contributed by atoms with E-state index in [4.69, 9.17) is 0 Å². The van der Waals surface area contributed by atoms with Crippen LogP contribution < -0.4 is 5.32 Å². The second-order valence-electron chi connectivity index (χ2n) is 5.54. The molecule has 2 aliphatic carbocycles. The Balaban J connectivity index is 1.74. The van der Waals surface area contributed by atoms with E-state index in [9.17, 15) is 0 Å². The Labute approximate surface area is 98.3 Å². The van der Waals surface area contributed by atoms with Crippen molar-refractivity contribution in [1.29, 1.82) is 0 Å². The minimum atomic E-state index is 0.758. The summed E-state index contributed by atoms with van der Waals surface area (Å²) in [6.07, 6.45) is 5.45. The van der Waals surface area contributed by atoms with E-state index in [0.717, 1.165) is 17.9 Å². The molecule has 0 atom stereocenters. The fraction of sp³-hybridized carbons (Fsp3) is 0.600. The van der Waals surface area contributed by atoms with Crippen LogP contribution in [0.2, 0.25) is 0 Å². The van der Waals surface area contributed by atoms with Gasteiger partial charge < -0.3 is 5.32 Å². The Kier molecular flexibility index (Phi) is 2.51. The van der Waals surface area contributed by atoms with Gasteiger partial charge in [0.1, 0.15) is 0 Å². The molecular weight excluding hydrogens is 194 g/mol. The first-order valence-electron chi connectivity index (χ1n) is 6.55. The molecule has 0 radical (unpaired) electrons. The summed E-state index contributed by atoms with van der Waals surface area (Å²) in [6.45, 7) is 2.28. The highest BCUT2D eigenvalue weighted by atomic mass is 14.9. The van der Waals surface area contributed by atoms with Crippen LogP contribution in [-0.2, 0) is 0 Å². The van der Waals surface area contributed by atoms with Gasteiger partial charge >= 0.3 is 0 Å². The molecule has 0 aromatic heterocycles. The average molecular weight is 215 g/mol. The standard InChI is InChI=1S/C15H21N/c1-10-7-12(13-8-14(9-13)16-2)5-6-15(10)11-3-4-11/h5-7,11,13-14,16H,3-4,8-9H2,1-2H3. The van der Waals surface area contributed by atoms with Crippen LogP contribution in [0.15, 0.2) is 18.2 Å². The minimum Gasteiger partial charge on any atom is -0.317 e. The number of benzene rings is 1. The largest absolute Gasteiger partial charge is 0.317 e. The molecule has 0 aliphatic heterocycles. The number of aryl methyl sites for hydroxylation is 1. The molecule has 0 unspecified atom stereocenters. The van der Waals surface area contributed by atoms with E-state index in [1.165, 1.54) is 31.2 Å². The summed E-state index contributed by atoms with van der Waals surface area (Å²) in [6, 6.07) is 7.95. The molecule has 1 aromatic rings. The van der Waals surface area contributed by atoms with Crippen LogP contribution in [0.3, 0.4) is 0 Å². The predicted molar refractivity (Wildman–Crippen MR) is 68.0 cm³/mol. The van der Waals surface area contributed by atoms with Crippen molar-refractivity contribution in [3.05, 3.63) is 34.9 Å². The van der Waals surface area contributed by atoms with E-state index in [1.807, 2.05) is 0 Å². The summed E-state index contributed by atoms with van der Waals surface area (Å²) in [7, 11) is 2.07. The van der Waals surface area contributed by atoms with E-state index in [-0.39, 0.29) is 0 Å². The zero-order valence-corrected chi connectivity index (χ0v) is 10.3. The third-order valence-corrected chi connectivity index (χ3v) is 4.33. The molecule has 1 nitrogen and oxygen atoms in total.